The van der Waals surface area contributed by atoms with Gasteiger partial charge in [0, 0.05) is 18.2 Å². The van der Waals surface area contributed by atoms with Crippen molar-refractivity contribution in [1.82, 2.24) is 4.90 Å². The van der Waals surface area contributed by atoms with Gasteiger partial charge in [0.05, 0.1) is 6.33 Å². The molecule has 0 N–H and O–H groups in total. The third kappa shape index (κ3) is 2.42. The number of amides is 1. The van der Waals surface area contributed by atoms with Crippen LogP contribution in [0.4, 0.5) is 4.39 Å². The second-order valence-electron chi connectivity index (χ2n) is 5.39. The summed E-state index contributed by atoms with van der Waals surface area (Å²) in [5.41, 5.74) is 2.42. The average molecular weight is 275 g/mol. The van der Waals surface area contributed by atoms with E-state index in [4.69, 9.17) is 4.74 Å². The van der Waals surface area contributed by atoms with E-state index < -0.39 is 0 Å². The lowest BCUT2D eigenvalue weighted by Gasteiger charge is -2.13. The molecule has 1 saturated carbocycles. The standard InChI is InChI=1S/C16H18FNO2/c1-2-11(8-17)10-20-14-5-6-15-12(7-14)9-18(16(15)19)13-3-4-13/h5-8,13H,2-4,9-10H2,1H3/b11-8+. The van der Waals surface area contributed by atoms with Gasteiger partial charge in [-0.2, -0.15) is 0 Å². The van der Waals surface area contributed by atoms with Gasteiger partial charge < -0.3 is 9.64 Å². The number of benzene rings is 1. The number of rotatable bonds is 5. The number of carbonyl (C=O) groups is 1. The number of carbonyl (C=O) groups excluding carboxylic acids is 1. The fourth-order valence-corrected chi connectivity index (χ4v) is 2.48. The highest BCUT2D eigenvalue weighted by molar-refractivity contribution is 5.98. The molecule has 0 atom stereocenters. The van der Waals surface area contributed by atoms with Gasteiger partial charge in [-0.3, -0.25) is 4.79 Å². The number of ether oxygens (including phenoxy) is 1. The molecule has 0 spiro atoms. The van der Waals surface area contributed by atoms with Crippen LogP contribution in [0, 0.1) is 0 Å². The lowest BCUT2D eigenvalue weighted by Crippen LogP contribution is -2.25. The molecule has 1 heterocycles. The Hall–Kier alpha value is -1.84. The smallest absolute Gasteiger partial charge is 0.254 e. The Balaban J connectivity index is 1.71. The fourth-order valence-electron chi connectivity index (χ4n) is 2.48. The summed E-state index contributed by atoms with van der Waals surface area (Å²) in [5.74, 6) is 0.828. The fraction of sp³-hybridized carbons (Fsp3) is 0.438. The quantitative estimate of drug-likeness (QED) is 0.823. The van der Waals surface area contributed by atoms with Crippen molar-refractivity contribution in [2.45, 2.75) is 38.8 Å². The molecule has 3 rings (SSSR count). The van der Waals surface area contributed by atoms with Crippen LogP contribution in [0.15, 0.2) is 30.1 Å². The van der Waals surface area contributed by atoms with Gasteiger partial charge in [0.15, 0.2) is 0 Å². The normalized spacial score (nSPS) is 18.4. The van der Waals surface area contributed by atoms with E-state index in [2.05, 4.69) is 0 Å². The Morgan fingerprint density at radius 1 is 1.50 bits per heavy atom. The third-order valence-corrected chi connectivity index (χ3v) is 3.93. The van der Waals surface area contributed by atoms with Crippen LogP contribution >= 0.6 is 0 Å². The first-order chi connectivity index (χ1) is 9.72. The van der Waals surface area contributed by atoms with Gasteiger partial charge in [0.25, 0.3) is 5.91 Å². The molecule has 1 aromatic carbocycles. The molecule has 3 nitrogen and oxygen atoms in total. The summed E-state index contributed by atoms with van der Waals surface area (Å²) in [6, 6.07) is 5.94. The van der Waals surface area contributed by atoms with Crippen molar-refractivity contribution >= 4 is 5.91 Å². The van der Waals surface area contributed by atoms with Gasteiger partial charge in [-0.15, -0.1) is 0 Å². The molecule has 0 radical (unpaired) electrons. The molecular formula is C16H18FNO2. The van der Waals surface area contributed by atoms with Crippen molar-refractivity contribution in [3.63, 3.8) is 0 Å². The topological polar surface area (TPSA) is 29.5 Å². The molecule has 1 aliphatic carbocycles. The van der Waals surface area contributed by atoms with E-state index >= 15 is 0 Å². The van der Waals surface area contributed by atoms with E-state index in [0.29, 0.717) is 36.7 Å². The summed E-state index contributed by atoms with van der Waals surface area (Å²) in [6.45, 7) is 2.82. The minimum absolute atomic E-state index is 0.131. The van der Waals surface area contributed by atoms with E-state index in [0.717, 1.165) is 24.0 Å². The zero-order valence-corrected chi connectivity index (χ0v) is 11.6. The van der Waals surface area contributed by atoms with Crippen LogP contribution in [0.5, 0.6) is 5.75 Å². The van der Waals surface area contributed by atoms with E-state index in [1.807, 2.05) is 24.0 Å². The molecule has 4 heteroatoms. The predicted octanol–water partition coefficient (Wildman–Crippen LogP) is 3.45. The van der Waals surface area contributed by atoms with Crippen molar-refractivity contribution in [3.05, 3.63) is 41.2 Å². The van der Waals surface area contributed by atoms with Gasteiger partial charge in [0.1, 0.15) is 12.4 Å². The van der Waals surface area contributed by atoms with Crippen molar-refractivity contribution in [2.24, 2.45) is 0 Å². The second-order valence-corrected chi connectivity index (χ2v) is 5.39. The molecule has 1 fully saturated rings. The molecule has 2 aliphatic rings. The van der Waals surface area contributed by atoms with Crippen LogP contribution in [0.3, 0.4) is 0 Å². The number of fused-ring (bicyclic) bond motifs is 1. The van der Waals surface area contributed by atoms with E-state index in [1.54, 1.807) is 6.07 Å². The predicted molar refractivity (Wildman–Crippen MR) is 74.3 cm³/mol. The maximum atomic E-state index is 12.5. The zero-order valence-electron chi connectivity index (χ0n) is 11.6. The zero-order chi connectivity index (χ0) is 14.1. The van der Waals surface area contributed by atoms with Crippen molar-refractivity contribution < 1.29 is 13.9 Å². The molecule has 1 aromatic rings. The Bertz CT molecular complexity index is 564. The highest BCUT2D eigenvalue weighted by Gasteiger charge is 2.38. The first-order valence-corrected chi connectivity index (χ1v) is 7.07. The Morgan fingerprint density at radius 3 is 2.95 bits per heavy atom. The Morgan fingerprint density at radius 2 is 2.30 bits per heavy atom. The van der Waals surface area contributed by atoms with Crippen LogP contribution in [0.1, 0.15) is 42.1 Å². The number of hydrogen-bond donors (Lipinski definition) is 0. The molecule has 0 saturated heterocycles. The van der Waals surface area contributed by atoms with Crippen molar-refractivity contribution in [2.75, 3.05) is 6.61 Å². The molecule has 1 aliphatic heterocycles. The van der Waals surface area contributed by atoms with Crippen LogP contribution in [-0.4, -0.2) is 23.5 Å². The maximum absolute atomic E-state index is 12.5. The minimum atomic E-state index is 0.131. The van der Waals surface area contributed by atoms with E-state index in [1.165, 1.54) is 0 Å². The summed E-state index contributed by atoms with van der Waals surface area (Å²) in [6.07, 6.45) is 3.47. The van der Waals surface area contributed by atoms with Crippen LogP contribution in [0.25, 0.3) is 0 Å². The summed E-state index contributed by atoms with van der Waals surface area (Å²) < 4.78 is 18.1. The highest BCUT2D eigenvalue weighted by atomic mass is 19.1. The molecule has 0 aromatic heterocycles. The van der Waals surface area contributed by atoms with Crippen LogP contribution in [0.2, 0.25) is 0 Å². The lowest BCUT2D eigenvalue weighted by molar-refractivity contribution is 0.0766. The van der Waals surface area contributed by atoms with E-state index in [-0.39, 0.29) is 12.5 Å². The minimum Gasteiger partial charge on any atom is -0.489 e. The lowest BCUT2D eigenvalue weighted by atomic mass is 10.1. The highest BCUT2D eigenvalue weighted by Crippen LogP contribution is 2.35. The van der Waals surface area contributed by atoms with Gasteiger partial charge >= 0.3 is 0 Å². The van der Waals surface area contributed by atoms with Crippen LogP contribution in [-0.2, 0) is 6.54 Å². The molecule has 1 amide bonds. The van der Waals surface area contributed by atoms with Gasteiger partial charge in [-0.1, -0.05) is 6.92 Å². The summed E-state index contributed by atoms with van der Waals surface area (Å²) in [5, 5.41) is 0. The Kier molecular flexibility index (Phi) is 3.47. The summed E-state index contributed by atoms with van der Waals surface area (Å²) >= 11 is 0. The number of hydrogen-bond acceptors (Lipinski definition) is 2. The third-order valence-electron chi connectivity index (χ3n) is 3.93. The summed E-state index contributed by atoms with van der Waals surface area (Å²) in [7, 11) is 0. The maximum Gasteiger partial charge on any atom is 0.254 e. The molecule has 0 bridgehead atoms. The first-order valence-electron chi connectivity index (χ1n) is 7.07. The second kappa shape index (κ2) is 5.27. The van der Waals surface area contributed by atoms with Gasteiger partial charge in [-0.05, 0) is 48.6 Å². The first kappa shape index (κ1) is 13.2. The largest absolute Gasteiger partial charge is 0.489 e. The molecular weight excluding hydrogens is 257 g/mol. The average Bonchev–Trinajstić information content (AvgIpc) is 3.25. The number of halogens is 1. The van der Waals surface area contributed by atoms with Gasteiger partial charge in [0.2, 0.25) is 0 Å². The molecule has 106 valence electrons. The van der Waals surface area contributed by atoms with Gasteiger partial charge in [-0.25, -0.2) is 4.39 Å². The SMILES string of the molecule is CC/C(=C\F)COc1ccc2c(c1)CN(C1CC1)C2=O. The molecule has 20 heavy (non-hydrogen) atoms. The van der Waals surface area contributed by atoms with Crippen LogP contribution < -0.4 is 4.74 Å². The molecule has 0 unspecified atom stereocenters. The van der Waals surface area contributed by atoms with Crippen molar-refractivity contribution in [1.29, 1.82) is 0 Å². The van der Waals surface area contributed by atoms with E-state index in [9.17, 15) is 9.18 Å². The monoisotopic (exact) mass is 275 g/mol. The van der Waals surface area contributed by atoms with Crippen molar-refractivity contribution in [3.8, 4) is 5.75 Å². The Labute approximate surface area is 118 Å². The number of nitrogens with zero attached hydrogens (tertiary/aromatic N) is 1. The summed E-state index contributed by atoms with van der Waals surface area (Å²) in [4.78, 5) is 14.1.